The Kier molecular flexibility index (Phi) is 5.94. The van der Waals surface area contributed by atoms with Crippen LogP contribution >= 0.6 is 15.9 Å². The smallest absolute Gasteiger partial charge is 0.162 e. The molecule has 5 rings (SSSR count). The standard InChI is InChI=1S/C30H32BrNO4/c1-29(2)13-20-27(23(34)15-29)26(18-11-25(36-5)22(33)12-19(18)31)28-21(14-30(3,4)16-24(28)35)32(20)17-9-7-6-8-10-17/h6-12,26,33H,13-16H2,1-5H3. The van der Waals surface area contributed by atoms with E-state index < -0.39 is 5.92 Å². The van der Waals surface area contributed by atoms with Gasteiger partial charge in [-0.05, 0) is 53.5 Å². The number of Topliss-reactive ketones (excluding diaryl/α,β-unsaturated/α-hetero) is 2. The molecule has 1 aliphatic heterocycles. The number of halogens is 1. The lowest BCUT2D eigenvalue weighted by molar-refractivity contribution is -0.119. The van der Waals surface area contributed by atoms with Gasteiger partial charge in [0.15, 0.2) is 23.1 Å². The summed E-state index contributed by atoms with van der Waals surface area (Å²) in [5.74, 6) is -0.0720. The second kappa shape index (κ2) is 8.62. The minimum atomic E-state index is -0.522. The Labute approximate surface area is 221 Å². The molecule has 0 saturated carbocycles. The van der Waals surface area contributed by atoms with E-state index in [1.54, 1.807) is 12.1 Å². The van der Waals surface area contributed by atoms with Gasteiger partial charge in [-0.15, -0.1) is 0 Å². The van der Waals surface area contributed by atoms with Gasteiger partial charge in [-0.1, -0.05) is 61.8 Å². The minimum Gasteiger partial charge on any atom is -0.504 e. The lowest BCUT2D eigenvalue weighted by Gasteiger charge is -2.49. The topological polar surface area (TPSA) is 66.8 Å². The van der Waals surface area contributed by atoms with E-state index in [0.717, 1.165) is 35.5 Å². The van der Waals surface area contributed by atoms with Gasteiger partial charge in [0.05, 0.1) is 7.11 Å². The number of anilines is 1. The molecule has 5 nitrogen and oxygen atoms in total. The number of phenolic OH excluding ortho intramolecular Hbond substituents is 1. The average molecular weight is 550 g/mol. The molecule has 3 aliphatic rings. The van der Waals surface area contributed by atoms with E-state index in [1.807, 2.05) is 30.3 Å². The van der Waals surface area contributed by atoms with Crippen LogP contribution in [0, 0.1) is 10.8 Å². The summed E-state index contributed by atoms with van der Waals surface area (Å²) in [7, 11) is 1.50. The molecule has 0 saturated heterocycles. The van der Waals surface area contributed by atoms with Crippen molar-refractivity contribution in [2.45, 2.75) is 59.3 Å². The quantitative estimate of drug-likeness (QED) is 0.444. The molecule has 188 valence electrons. The zero-order chi connectivity index (χ0) is 26.0. The van der Waals surface area contributed by atoms with E-state index >= 15 is 0 Å². The van der Waals surface area contributed by atoms with Crippen LogP contribution in [-0.4, -0.2) is 23.8 Å². The summed E-state index contributed by atoms with van der Waals surface area (Å²) in [5, 5.41) is 10.4. The number of rotatable bonds is 3. The van der Waals surface area contributed by atoms with E-state index in [1.165, 1.54) is 7.11 Å². The van der Waals surface area contributed by atoms with Gasteiger partial charge >= 0.3 is 0 Å². The number of allylic oxidation sites excluding steroid dienone is 4. The SMILES string of the molecule is COc1cc(C2C3=C(CC(C)(C)CC3=O)N(c3ccccc3)C3=C2C(=O)CC(C)(C)C3)c(Br)cc1O. The Morgan fingerprint density at radius 1 is 0.889 bits per heavy atom. The van der Waals surface area contributed by atoms with E-state index in [4.69, 9.17) is 4.74 Å². The van der Waals surface area contributed by atoms with Crippen LogP contribution in [0.25, 0.3) is 0 Å². The number of methoxy groups -OCH3 is 1. The molecule has 0 amide bonds. The number of benzene rings is 2. The van der Waals surface area contributed by atoms with Gasteiger partial charge in [0, 0.05) is 51.5 Å². The van der Waals surface area contributed by atoms with Crippen molar-refractivity contribution in [2.75, 3.05) is 12.0 Å². The molecule has 0 spiro atoms. The largest absolute Gasteiger partial charge is 0.504 e. The van der Waals surface area contributed by atoms with Crippen molar-refractivity contribution in [3.05, 3.63) is 75.0 Å². The van der Waals surface area contributed by atoms with Crippen molar-refractivity contribution >= 4 is 33.2 Å². The first-order chi connectivity index (χ1) is 16.9. The maximum absolute atomic E-state index is 13.9. The molecular formula is C30H32BrNO4. The van der Waals surface area contributed by atoms with Crippen LogP contribution in [0.15, 0.2) is 69.5 Å². The van der Waals surface area contributed by atoms with Gasteiger partial charge in [0.1, 0.15) is 0 Å². The van der Waals surface area contributed by atoms with E-state index in [-0.39, 0.29) is 28.1 Å². The molecule has 0 atom stereocenters. The van der Waals surface area contributed by atoms with Crippen molar-refractivity contribution < 1.29 is 19.4 Å². The molecule has 36 heavy (non-hydrogen) atoms. The predicted octanol–water partition coefficient (Wildman–Crippen LogP) is 7.05. The van der Waals surface area contributed by atoms with Gasteiger partial charge in [-0.3, -0.25) is 9.59 Å². The van der Waals surface area contributed by atoms with Crippen LogP contribution in [0.1, 0.15) is 64.9 Å². The molecule has 2 aliphatic carbocycles. The summed E-state index contributed by atoms with van der Waals surface area (Å²) in [6, 6.07) is 13.4. The first-order valence-electron chi connectivity index (χ1n) is 12.4. The molecule has 0 radical (unpaired) electrons. The summed E-state index contributed by atoms with van der Waals surface area (Å²) in [6.07, 6.45) is 2.27. The number of carbonyl (C=O) groups excluding carboxylic acids is 2. The van der Waals surface area contributed by atoms with Crippen LogP contribution in [0.5, 0.6) is 11.5 Å². The third kappa shape index (κ3) is 4.09. The molecule has 6 heteroatoms. The molecule has 0 unspecified atom stereocenters. The van der Waals surface area contributed by atoms with Gasteiger partial charge in [-0.25, -0.2) is 0 Å². The highest BCUT2D eigenvalue weighted by Gasteiger charge is 2.49. The number of hydrogen-bond donors (Lipinski definition) is 1. The molecule has 0 aromatic heterocycles. The maximum atomic E-state index is 13.9. The lowest BCUT2D eigenvalue weighted by Crippen LogP contribution is -2.44. The van der Waals surface area contributed by atoms with Gasteiger partial charge < -0.3 is 14.7 Å². The Morgan fingerprint density at radius 3 is 1.92 bits per heavy atom. The van der Waals surface area contributed by atoms with E-state index in [0.29, 0.717) is 34.2 Å². The number of carbonyl (C=O) groups is 2. The fourth-order valence-corrected chi connectivity index (χ4v) is 6.67. The monoisotopic (exact) mass is 549 g/mol. The van der Waals surface area contributed by atoms with Crippen LogP contribution in [0.4, 0.5) is 5.69 Å². The third-order valence-electron chi connectivity index (χ3n) is 7.53. The zero-order valence-corrected chi connectivity index (χ0v) is 23.0. The highest BCUT2D eigenvalue weighted by atomic mass is 79.9. The van der Waals surface area contributed by atoms with Crippen molar-refractivity contribution in [1.29, 1.82) is 0 Å². The Bertz CT molecular complexity index is 1280. The van der Waals surface area contributed by atoms with Crippen LogP contribution < -0.4 is 9.64 Å². The van der Waals surface area contributed by atoms with Crippen molar-refractivity contribution in [3.63, 3.8) is 0 Å². The summed E-state index contributed by atoms with van der Waals surface area (Å²) in [6.45, 7) is 8.52. The summed E-state index contributed by atoms with van der Waals surface area (Å²) < 4.78 is 6.08. The molecule has 1 N–H and O–H groups in total. The molecule has 2 aromatic rings. The number of ketones is 2. The van der Waals surface area contributed by atoms with Gasteiger partial charge in [0.2, 0.25) is 0 Å². The molecular weight excluding hydrogens is 518 g/mol. The maximum Gasteiger partial charge on any atom is 0.162 e. The van der Waals surface area contributed by atoms with Crippen molar-refractivity contribution in [3.8, 4) is 11.5 Å². The fraction of sp³-hybridized carbons (Fsp3) is 0.400. The normalized spacial score (nSPS) is 21.4. The first kappa shape index (κ1) is 24.8. The lowest BCUT2D eigenvalue weighted by atomic mass is 9.63. The third-order valence-corrected chi connectivity index (χ3v) is 8.22. The van der Waals surface area contributed by atoms with Gasteiger partial charge in [0.25, 0.3) is 0 Å². The van der Waals surface area contributed by atoms with Crippen molar-refractivity contribution in [1.82, 2.24) is 0 Å². The highest BCUT2D eigenvalue weighted by Crippen LogP contribution is 2.56. The van der Waals surface area contributed by atoms with Crippen LogP contribution in [0.2, 0.25) is 0 Å². The number of hydrogen-bond acceptors (Lipinski definition) is 5. The molecule has 0 fully saturated rings. The predicted molar refractivity (Wildman–Crippen MR) is 144 cm³/mol. The van der Waals surface area contributed by atoms with Gasteiger partial charge in [-0.2, -0.15) is 0 Å². The number of aromatic hydroxyl groups is 1. The molecule has 1 heterocycles. The highest BCUT2D eigenvalue weighted by molar-refractivity contribution is 9.10. The number of phenols is 1. The summed E-state index contributed by atoms with van der Waals surface area (Å²) in [4.78, 5) is 30.1. The number of nitrogens with zero attached hydrogens (tertiary/aromatic N) is 1. The minimum absolute atomic E-state index is 0.00506. The zero-order valence-electron chi connectivity index (χ0n) is 21.4. The summed E-state index contributed by atoms with van der Waals surface area (Å²) in [5.41, 5.74) is 4.61. The second-order valence-electron chi connectivity index (χ2n) is 11.8. The fourth-order valence-electron chi connectivity index (χ4n) is 6.11. The average Bonchev–Trinajstić information content (AvgIpc) is 2.77. The second-order valence-corrected chi connectivity index (χ2v) is 12.6. The van der Waals surface area contributed by atoms with Crippen LogP contribution in [-0.2, 0) is 9.59 Å². The van der Waals surface area contributed by atoms with E-state index in [9.17, 15) is 14.7 Å². The Balaban J connectivity index is 1.86. The molecule has 2 aromatic carbocycles. The van der Waals surface area contributed by atoms with Crippen LogP contribution in [0.3, 0.4) is 0 Å². The van der Waals surface area contributed by atoms with Crippen molar-refractivity contribution in [2.24, 2.45) is 10.8 Å². The van der Waals surface area contributed by atoms with E-state index in [2.05, 4.69) is 48.5 Å². The number of ether oxygens (including phenoxy) is 1. The first-order valence-corrected chi connectivity index (χ1v) is 13.2. The summed E-state index contributed by atoms with van der Waals surface area (Å²) >= 11 is 3.63. The molecule has 0 bridgehead atoms. The Morgan fingerprint density at radius 2 is 1.42 bits per heavy atom. The Hall–Kier alpha value is -2.86. The number of para-hydroxylation sites is 1.